The van der Waals surface area contributed by atoms with Crippen LogP contribution in [0.25, 0.3) is 0 Å². The van der Waals surface area contributed by atoms with Crippen molar-refractivity contribution >= 4 is 11.6 Å². The van der Waals surface area contributed by atoms with E-state index in [-0.39, 0.29) is 6.61 Å². The minimum atomic E-state index is -0.924. The molecule has 2 heterocycles. The predicted molar refractivity (Wildman–Crippen MR) is 136 cm³/mol. The monoisotopic (exact) mass is 499 g/mol. The molecule has 0 bridgehead atoms. The second-order valence-corrected chi connectivity index (χ2v) is 9.62. The van der Waals surface area contributed by atoms with E-state index in [1.807, 2.05) is 54.2 Å². The number of aliphatic hydroxyl groups is 1. The number of hydrogen-bond donors (Lipinski definition) is 1. The van der Waals surface area contributed by atoms with Gasteiger partial charge in [-0.25, -0.2) is 0 Å². The van der Waals surface area contributed by atoms with Crippen molar-refractivity contribution < 1.29 is 19.3 Å². The summed E-state index contributed by atoms with van der Waals surface area (Å²) in [7, 11) is 1.66. The fraction of sp³-hybridized carbons (Fsp3) is 0.444. The zero-order chi connectivity index (χ0) is 24.7. The summed E-state index contributed by atoms with van der Waals surface area (Å²) in [6, 6.07) is 13.6. The van der Waals surface area contributed by atoms with Gasteiger partial charge in [0.2, 0.25) is 0 Å². The molecule has 35 heavy (non-hydrogen) atoms. The molecule has 1 aliphatic rings. The maximum absolute atomic E-state index is 11.2. The number of ether oxygens (including phenoxy) is 3. The van der Waals surface area contributed by atoms with Crippen LogP contribution in [0.2, 0.25) is 5.02 Å². The normalized spacial score (nSPS) is 18.4. The van der Waals surface area contributed by atoms with Crippen LogP contribution in [-0.2, 0) is 13.1 Å². The van der Waals surface area contributed by atoms with Crippen LogP contribution in [0.15, 0.2) is 54.9 Å². The van der Waals surface area contributed by atoms with Crippen molar-refractivity contribution in [2.24, 2.45) is 0 Å². The lowest BCUT2D eigenvalue weighted by molar-refractivity contribution is -0.0621. The van der Waals surface area contributed by atoms with Gasteiger partial charge in [0, 0.05) is 38.4 Å². The van der Waals surface area contributed by atoms with Gasteiger partial charge in [-0.05, 0) is 67.8 Å². The summed E-state index contributed by atoms with van der Waals surface area (Å²) in [5.74, 6) is 2.06. The van der Waals surface area contributed by atoms with Crippen LogP contribution in [-0.4, -0.2) is 58.8 Å². The van der Waals surface area contributed by atoms with Crippen LogP contribution in [0, 0.1) is 6.92 Å². The van der Waals surface area contributed by atoms with E-state index in [2.05, 4.69) is 16.1 Å². The third kappa shape index (κ3) is 7.13. The first-order chi connectivity index (χ1) is 16.9. The van der Waals surface area contributed by atoms with Crippen LogP contribution in [0.4, 0.5) is 0 Å². The first-order valence-corrected chi connectivity index (χ1v) is 12.4. The molecule has 0 aliphatic carbocycles. The molecule has 1 N–H and O–H groups in total. The maximum Gasteiger partial charge on any atom is 0.161 e. The van der Waals surface area contributed by atoms with E-state index < -0.39 is 5.60 Å². The molecular weight excluding hydrogens is 466 g/mol. The number of rotatable bonds is 11. The quantitative estimate of drug-likeness (QED) is 0.385. The molecule has 188 valence electrons. The highest BCUT2D eigenvalue weighted by atomic mass is 35.5. The van der Waals surface area contributed by atoms with E-state index in [0.717, 1.165) is 42.8 Å². The lowest BCUT2D eigenvalue weighted by Gasteiger charge is -2.39. The average molecular weight is 500 g/mol. The van der Waals surface area contributed by atoms with E-state index in [9.17, 15) is 5.11 Å². The van der Waals surface area contributed by atoms with E-state index in [0.29, 0.717) is 42.6 Å². The number of nitrogens with zero attached hydrogens (tertiary/aromatic N) is 3. The second kappa shape index (κ2) is 11.8. The van der Waals surface area contributed by atoms with Crippen LogP contribution in [0.5, 0.6) is 17.2 Å². The van der Waals surface area contributed by atoms with Gasteiger partial charge in [-0.15, -0.1) is 0 Å². The summed E-state index contributed by atoms with van der Waals surface area (Å²) in [5, 5.41) is 16.0. The number of hydrogen-bond acceptors (Lipinski definition) is 6. The van der Waals surface area contributed by atoms with Gasteiger partial charge in [-0.2, -0.15) is 5.10 Å². The lowest BCUT2D eigenvalue weighted by atomic mass is 9.93. The number of methoxy groups -OCH3 is 1. The number of aryl methyl sites for hydroxylation is 2. The largest absolute Gasteiger partial charge is 0.493 e. The summed E-state index contributed by atoms with van der Waals surface area (Å²) in [6.45, 7) is 5.76. The number of β-amino-alcohol motifs (C(OH)–C–C–N with tert-alkyl or cyclic N) is 1. The number of piperidine rings is 1. The van der Waals surface area contributed by atoms with Gasteiger partial charge >= 0.3 is 0 Å². The predicted octanol–water partition coefficient (Wildman–Crippen LogP) is 4.73. The Balaban J connectivity index is 1.30. The molecule has 1 aliphatic heterocycles. The lowest BCUT2D eigenvalue weighted by Crippen LogP contribution is -2.51. The Labute approximate surface area is 212 Å². The standard InChI is InChI=1S/C27H34ClN3O4/c1-21-6-8-23(28)25(16-21)35-20-27(32)10-3-12-30(19-27)18-22-7-9-24(26(17-22)33-2)34-15-5-14-31-13-4-11-29-31/h4,6-9,11,13,16-17,32H,3,5,10,12,14-15,18-20H2,1-2H3. The average Bonchev–Trinajstić information content (AvgIpc) is 3.37. The van der Waals surface area contributed by atoms with Crippen molar-refractivity contribution in [2.45, 2.75) is 44.9 Å². The topological polar surface area (TPSA) is 69.0 Å². The van der Waals surface area contributed by atoms with Crippen molar-refractivity contribution in [3.05, 3.63) is 71.0 Å². The van der Waals surface area contributed by atoms with Crippen LogP contribution < -0.4 is 14.2 Å². The molecule has 1 saturated heterocycles. The van der Waals surface area contributed by atoms with Crippen molar-refractivity contribution in [3.63, 3.8) is 0 Å². The molecule has 8 heteroatoms. The Bertz CT molecular complexity index is 1090. The van der Waals surface area contributed by atoms with Crippen LogP contribution in [0.1, 0.15) is 30.4 Å². The fourth-order valence-corrected chi connectivity index (χ4v) is 4.59. The Morgan fingerprint density at radius 1 is 1.11 bits per heavy atom. The molecule has 2 aromatic carbocycles. The molecule has 1 atom stereocenters. The zero-order valence-corrected chi connectivity index (χ0v) is 21.2. The first-order valence-electron chi connectivity index (χ1n) is 12.0. The number of likely N-dealkylation sites (tertiary alicyclic amines) is 1. The fourth-order valence-electron chi connectivity index (χ4n) is 4.42. The highest BCUT2D eigenvalue weighted by Crippen LogP contribution is 2.31. The molecule has 1 fully saturated rings. The van der Waals surface area contributed by atoms with Gasteiger partial charge in [-0.3, -0.25) is 9.58 Å². The van der Waals surface area contributed by atoms with Gasteiger partial charge in [-0.1, -0.05) is 23.7 Å². The van der Waals surface area contributed by atoms with Crippen LogP contribution in [0.3, 0.4) is 0 Å². The molecule has 4 rings (SSSR count). The van der Waals surface area contributed by atoms with Crippen molar-refractivity contribution in [1.29, 1.82) is 0 Å². The highest BCUT2D eigenvalue weighted by Gasteiger charge is 2.34. The van der Waals surface area contributed by atoms with E-state index >= 15 is 0 Å². The number of halogens is 1. The summed E-state index contributed by atoms with van der Waals surface area (Å²) in [5.41, 5.74) is 1.26. The molecule has 0 radical (unpaired) electrons. The minimum absolute atomic E-state index is 0.210. The molecule has 7 nitrogen and oxygen atoms in total. The van der Waals surface area contributed by atoms with E-state index in [1.54, 1.807) is 13.3 Å². The van der Waals surface area contributed by atoms with Crippen molar-refractivity contribution in [2.75, 3.05) is 33.4 Å². The molecular formula is C27H34ClN3O4. The smallest absolute Gasteiger partial charge is 0.161 e. The Morgan fingerprint density at radius 3 is 2.80 bits per heavy atom. The number of benzene rings is 2. The third-order valence-corrected chi connectivity index (χ3v) is 6.51. The Kier molecular flexibility index (Phi) is 8.55. The maximum atomic E-state index is 11.2. The molecule has 0 amide bonds. The summed E-state index contributed by atoms with van der Waals surface area (Å²) < 4.78 is 19.4. The third-order valence-electron chi connectivity index (χ3n) is 6.20. The molecule has 1 aromatic heterocycles. The molecule has 3 aromatic rings. The summed E-state index contributed by atoms with van der Waals surface area (Å²) in [6.07, 6.45) is 6.17. The molecule has 1 unspecified atom stereocenters. The van der Waals surface area contributed by atoms with Crippen molar-refractivity contribution in [3.8, 4) is 17.2 Å². The SMILES string of the molecule is COc1cc(CN2CCCC(O)(COc3cc(C)ccc3Cl)C2)ccc1OCCCn1cccn1. The summed E-state index contributed by atoms with van der Waals surface area (Å²) >= 11 is 6.26. The first kappa shape index (κ1) is 25.4. The number of aromatic nitrogens is 2. The van der Waals surface area contributed by atoms with Gasteiger partial charge in [0.15, 0.2) is 11.5 Å². The highest BCUT2D eigenvalue weighted by molar-refractivity contribution is 6.32. The molecule has 0 spiro atoms. The van der Waals surface area contributed by atoms with E-state index in [1.165, 1.54) is 0 Å². The van der Waals surface area contributed by atoms with Crippen LogP contribution >= 0.6 is 11.6 Å². The Hall–Kier alpha value is -2.74. The minimum Gasteiger partial charge on any atom is -0.493 e. The Morgan fingerprint density at radius 2 is 2.00 bits per heavy atom. The second-order valence-electron chi connectivity index (χ2n) is 9.22. The van der Waals surface area contributed by atoms with Gasteiger partial charge in [0.25, 0.3) is 0 Å². The van der Waals surface area contributed by atoms with Crippen molar-refractivity contribution in [1.82, 2.24) is 14.7 Å². The summed E-state index contributed by atoms with van der Waals surface area (Å²) in [4.78, 5) is 2.25. The molecule has 0 saturated carbocycles. The van der Waals surface area contributed by atoms with Gasteiger partial charge in [0.1, 0.15) is 18.0 Å². The zero-order valence-electron chi connectivity index (χ0n) is 20.5. The van der Waals surface area contributed by atoms with Gasteiger partial charge < -0.3 is 19.3 Å². The van der Waals surface area contributed by atoms with Gasteiger partial charge in [0.05, 0.1) is 18.7 Å². The van der Waals surface area contributed by atoms with E-state index in [4.69, 9.17) is 25.8 Å².